The number of ether oxygens (including phenoxy) is 1. The van der Waals surface area contributed by atoms with Gasteiger partial charge in [0, 0.05) is 29.9 Å². The highest BCUT2D eigenvalue weighted by atomic mass is 32.2. The summed E-state index contributed by atoms with van der Waals surface area (Å²) in [5.74, 6) is 7.42. The Morgan fingerprint density at radius 3 is 2.67 bits per heavy atom. The van der Waals surface area contributed by atoms with Crippen LogP contribution in [-0.4, -0.2) is 38.6 Å². The molecule has 140 valence electrons. The minimum absolute atomic E-state index is 0.165. The monoisotopic (exact) mass is 402 g/mol. The number of nitrogens with one attached hydrogen (secondary N) is 1. The predicted octanol–water partition coefficient (Wildman–Crippen LogP) is 2.42. The van der Waals surface area contributed by atoms with Crippen LogP contribution in [0.4, 0.5) is 5.69 Å². The van der Waals surface area contributed by atoms with Crippen molar-refractivity contribution in [2.45, 2.75) is 16.1 Å². The molecule has 0 unspecified atom stereocenters. The molecule has 0 saturated carbocycles. The summed E-state index contributed by atoms with van der Waals surface area (Å²) in [5.41, 5.74) is 1.78. The van der Waals surface area contributed by atoms with Crippen LogP contribution in [0.2, 0.25) is 0 Å². The number of carbonyl (C=O) groups excluding carboxylic acids is 1. The lowest BCUT2D eigenvalue weighted by Crippen LogP contribution is -2.16. The van der Waals surface area contributed by atoms with Gasteiger partial charge in [-0.2, -0.15) is 0 Å². The maximum atomic E-state index is 12.1. The lowest BCUT2D eigenvalue weighted by molar-refractivity contribution is -0.113. The molecule has 0 aliphatic carbocycles. The number of amides is 1. The Labute approximate surface area is 164 Å². The third-order valence-corrected chi connectivity index (χ3v) is 5.39. The second-order valence-electron chi connectivity index (χ2n) is 5.35. The van der Waals surface area contributed by atoms with Crippen LogP contribution in [0, 0.1) is 0 Å². The van der Waals surface area contributed by atoms with Crippen molar-refractivity contribution in [1.82, 2.24) is 19.9 Å². The van der Waals surface area contributed by atoms with Crippen LogP contribution in [0.3, 0.4) is 0 Å². The largest absolute Gasteiger partial charge is 0.497 e. The molecule has 0 aliphatic heterocycles. The molecule has 0 bridgehead atoms. The molecule has 3 aromatic rings. The normalized spacial score (nSPS) is 10.6. The smallest absolute Gasteiger partial charge is 0.234 e. The number of carbonyl (C=O) groups is 1. The highest BCUT2D eigenvalue weighted by Crippen LogP contribution is 2.24. The maximum Gasteiger partial charge on any atom is 0.234 e. The Kier molecular flexibility index (Phi) is 6.55. The number of hydrogen-bond donors (Lipinski definition) is 2. The molecular formula is C17H18N6O2S2. The van der Waals surface area contributed by atoms with E-state index >= 15 is 0 Å². The van der Waals surface area contributed by atoms with Crippen molar-refractivity contribution in [3.63, 3.8) is 0 Å². The van der Waals surface area contributed by atoms with Crippen LogP contribution in [-0.2, 0) is 10.5 Å². The van der Waals surface area contributed by atoms with Gasteiger partial charge in [0.1, 0.15) is 5.75 Å². The van der Waals surface area contributed by atoms with Crippen molar-refractivity contribution in [3.05, 3.63) is 54.4 Å². The molecule has 0 fully saturated rings. The Morgan fingerprint density at radius 2 is 1.93 bits per heavy atom. The van der Waals surface area contributed by atoms with E-state index < -0.39 is 0 Å². The van der Waals surface area contributed by atoms with E-state index in [1.54, 1.807) is 31.6 Å². The summed E-state index contributed by atoms with van der Waals surface area (Å²) in [5, 5.41) is 12.0. The highest BCUT2D eigenvalue weighted by molar-refractivity contribution is 8.00. The topological polar surface area (TPSA) is 108 Å². The first-order chi connectivity index (χ1) is 13.2. The van der Waals surface area contributed by atoms with Gasteiger partial charge in [-0.05, 0) is 29.8 Å². The number of rotatable bonds is 8. The zero-order chi connectivity index (χ0) is 19.1. The van der Waals surface area contributed by atoms with Gasteiger partial charge >= 0.3 is 0 Å². The van der Waals surface area contributed by atoms with Gasteiger partial charge in [0.25, 0.3) is 0 Å². The molecular weight excluding hydrogens is 384 g/mol. The third-order valence-electron chi connectivity index (χ3n) is 3.44. The molecule has 27 heavy (non-hydrogen) atoms. The van der Waals surface area contributed by atoms with E-state index in [2.05, 4.69) is 20.5 Å². The fourth-order valence-electron chi connectivity index (χ4n) is 2.12. The van der Waals surface area contributed by atoms with Crippen LogP contribution in [0.5, 0.6) is 5.75 Å². The average Bonchev–Trinajstić information content (AvgIpc) is 3.05. The Morgan fingerprint density at radius 1 is 1.19 bits per heavy atom. The van der Waals surface area contributed by atoms with Crippen LogP contribution in [0.25, 0.3) is 0 Å². The zero-order valence-corrected chi connectivity index (χ0v) is 16.2. The SMILES string of the molecule is COc1cccc(NC(=O)CSc2nnc(SCc3ccncc3)n2N)c1. The molecule has 0 spiro atoms. The highest BCUT2D eigenvalue weighted by Gasteiger charge is 2.13. The third kappa shape index (κ3) is 5.38. The van der Waals surface area contributed by atoms with Gasteiger partial charge in [0.05, 0.1) is 12.9 Å². The predicted molar refractivity (Wildman–Crippen MR) is 106 cm³/mol. The summed E-state index contributed by atoms with van der Waals surface area (Å²) < 4.78 is 6.54. The van der Waals surface area contributed by atoms with Gasteiger partial charge in [0.15, 0.2) is 0 Å². The summed E-state index contributed by atoms with van der Waals surface area (Å²) in [6.45, 7) is 0. The van der Waals surface area contributed by atoms with Gasteiger partial charge in [-0.15, -0.1) is 10.2 Å². The van der Waals surface area contributed by atoms with E-state index in [9.17, 15) is 4.79 Å². The number of hydrogen-bond acceptors (Lipinski definition) is 8. The summed E-state index contributed by atoms with van der Waals surface area (Å²) >= 11 is 2.70. The molecule has 0 aliphatic rings. The van der Waals surface area contributed by atoms with Crippen molar-refractivity contribution < 1.29 is 9.53 Å². The van der Waals surface area contributed by atoms with Crippen LogP contribution in [0.15, 0.2) is 59.1 Å². The molecule has 1 aromatic carbocycles. The first-order valence-corrected chi connectivity index (χ1v) is 9.91. The number of thioether (sulfide) groups is 2. The summed E-state index contributed by atoms with van der Waals surface area (Å²) in [7, 11) is 1.58. The van der Waals surface area contributed by atoms with Crippen LogP contribution in [0.1, 0.15) is 5.56 Å². The molecule has 3 rings (SSSR count). The fourth-order valence-corrected chi connectivity index (χ4v) is 3.64. The number of aromatic nitrogens is 4. The van der Waals surface area contributed by atoms with Crippen LogP contribution >= 0.6 is 23.5 Å². The fraction of sp³-hybridized carbons (Fsp3) is 0.176. The van der Waals surface area contributed by atoms with E-state index in [0.29, 0.717) is 27.5 Å². The molecule has 1 amide bonds. The Bertz CT molecular complexity index is 903. The minimum Gasteiger partial charge on any atom is -0.497 e. The van der Waals surface area contributed by atoms with E-state index in [-0.39, 0.29) is 11.7 Å². The number of pyridine rings is 1. The minimum atomic E-state index is -0.165. The summed E-state index contributed by atoms with van der Waals surface area (Å²) in [6.07, 6.45) is 3.48. The first-order valence-electron chi connectivity index (χ1n) is 7.94. The lowest BCUT2D eigenvalue weighted by atomic mass is 10.3. The Hall–Kier alpha value is -2.72. The zero-order valence-electron chi connectivity index (χ0n) is 14.5. The van der Waals surface area contributed by atoms with E-state index in [4.69, 9.17) is 10.6 Å². The second-order valence-corrected chi connectivity index (χ2v) is 7.23. The van der Waals surface area contributed by atoms with Crippen LogP contribution < -0.4 is 15.9 Å². The number of anilines is 1. The maximum absolute atomic E-state index is 12.1. The molecule has 10 heteroatoms. The molecule has 0 atom stereocenters. The summed E-state index contributed by atoms with van der Waals surface area (Å²) in [6, 6.07) is 11.0. The number of nitrogen functional groups attached to an aromatic ring is 1. The standard InChI is InChI=1S/C17H18N6O2S2/c1-25-14-4-2-3-13(9-14)20-15(24)11-27-17-22-21-16(23(17)18)26-10-12-5-7-19-8-6-12/h2-9H,10-11,18H2,1H3,(H,20,24). The molecule has 2 aromatic heterocycles. The molecule has 8 nitrogen and oxygen atoms in total. The second kappa shape index (κ2) is 9.28. The quantitative estimate of drug-likeness (QED) is 0.437. The van der Waals surface area contributed by atoms with Gasteiger partial charge in [-0.1, -0.05) is 29.6 Å². The molecule has 2 heterocycles. The van der Waals surface area contributed by atoms with Gasteiger partial charge < -0.3 is 15.9 Å². The number of nitrogens with two attached hydrogens (primary N) is 1. The molecule has 0 radical (unpaired) electrons. The number of benzene rings is 1. The van der Waals surface area contributed by atoms with Crippen molar-refractivity contribution in [1.29, 1.82) is 0 Å². The van der Waals surface area contributed by atoms with Crippen molar-refractivity contribution in [3.8, 4) is 5.75 Å². The van der Waals surface area contributed by atoms with Crippen molar-refractivity contribution in [2.24, 2.45) is 0 Å². The Balaban J connectivity index is 1.52. The van der Waals surface area contributed by atoms with Gasteiger partial charge in [-0.3, -0.25) is 9.78 Å². The average molecular weight is 403 g/mol. The number of nitrogens with zero attached hydrogens (tertiary/aromatic N) is 4. The van der Waals surface area contributed by atoms with E-state index in [0.717, 1.165) is 5.56 Å². The van der Waals surface area contributed by atoms with E-state index in [1.165, 1.54) is 28.2 Å². The van der Waals surface area contributed by atoms with E-state index in [1.807, 2.05) is 24.3 Å². The first kappa shape index (κ1) is 19.1. The van der Waals surface area contributed by atoms with Crippen molar-refractivity contribution in [2.75, 3.05) is 24.0 Å². The lowest BCUT2D eigenvalue weighted by Gasteiger charge is -2.07. The number of methoxy groups -OCH3 is 1. The molecule has 3 N–H and O–H groups in total. The van der Waals surface area contributed by atoms with Gasteiger partial charge in [0.2, 0.25) is 16.2 Å². The molecule has 0 saturated heterocycles. The summed E-state index contributed by atoms with van der Waals surface area (Å²) in [4.78, 5) is 16.1. The van der Waals surface area contributed by atoms with Gasteiger partial charge in [-0.25, -0.2) is 4.68 Å². The van der Waals surface area contributed by atoms with Crippen molar-refractivity contribution >= 4 is 35.1 Å².